The minimum atomic E-state index is -3.80. The van der Waals surface area contributed by atoms with Crippen molar-refractivity contribution in [2.45, 2.75) is 31.7 Å². The van der Waals surface area contributed by atoms with Gasteiger partial charge in [0, 0.05) is 13.1 Å². The van der Waals surface area contributed by atoms with Crippen LogP contribution in [0.15, 0.2) is 23.1 Å². The molecule has 1 rings (SSSR count). The molecule has 0 saturated heterocycles. The Hall–Kier alpha value is -1.42. The normalized spacial score (nSPS) is 11.6. The molecule has 0 bridgehead atoms. The Morgan fingerprint density at radius 2 is 2.10 bits per heavy atom. The summed E-state index contributed by atoms with van der Waals surface area (Å²) in [5.41, 5.74) is 0.538. The van der Waals surface area contributed by atoms with Crippen LogP contribution in [-0.4, -0.2) is 32.4 Å². The van der Waals surface area contributed by atoms with Crippen LogP contribution in [0, 0.1) is 18.2 Å². The smallest absolute Gasteiger partial charge is 0.244 e. The van der Waals surface area contributed by atoms with Crippen molar-refractivity contribution < 1.29 is 12.8 Å². The molecule has 0 aliphatic rings. The van der Waals surface area contributed by atoms with Crippen molar-refractivity contribution in [1.82, 2.24) is 9.62 Å². The molecule has 0 heterocycles. The SMILES string of the molecule is C#CCN(CCC)S(=O)(=O)c1cc(F)ccc1CNCC. The van der Waals surface area contributed by atoms with Gasteiger partial charge in [-0.25, -0.2) is 12.8 Å². The number of nitrogens with one attached hydrogen (secondary N) is 1. The molecule has 0 saturated carbocycles. The Morgan fingerprint density at radius 3 is 2.67 bits per heavy atom. The van der Waals surface area contributed by atoms with Crippen molar-refractivity contribution in [3.8, 4) is 12.3 Å². The summed E-state index contributed by atoms with van der Waals surface area (Å²) in [6.07, 6.45) is 5.88. The van der Waals surface area contributed by atoms with Gasteiger partial charge in [0.15, 0.2) is 0 Å². The molecule has 0 radical (unpaired) electrons. The summed E-state index contributed by atoms with van der Waals surface area (Å²) in [4.78, 5) is -0.0212. The molecule has 0 aromatic heterocycles. The summed E-state index contributed by atoms with van der Waals surface area (Å²) in [6, 6.07) is 3.81. The standard InChI is InChI=1S/C15H21FN2O2S/c1-4-9-18(10-5-2)21(19,20)15-11-14(16)8-7-13(15)12-17-6-3/h1,7-8,11,17H,5-6,9-10,12H2,2-3H3. The van der Waals surface area contributed by atoms with Crippen LogP contribution in [0.1, 0.15) is 25.8 Å². The number of halogens is 1. The van der Waals surface area contributed by atoms with E-state index in [1.165, 1.54) is 16.4 Å². The predicted molar refractivity (Wildman–Crippen MR) is 81.7 cm³/mol. The molecule has 6 heteroatoms. The zero-order valence-corrected chi connectivity index (χ0v) is 13.2. The summed E-state index contributed by atoms with van der Waals surface area (Å²) < 4.78 is 40.1. The lowest BCUT2D eigenvalue weighted by Gasteiger charge is -2.21. The first-order chi connectivity index (χ1) is 9.97. The van der Waals surface area contributed by atoms with E-state index in [2.05, 4.69) is 11.2 Å². The van der Waals surface area contributed by atoms with Gasteiger partial charge in [-0.15, -0.1) is 6.42 Å². The van der Waals surface area contributed by atoms with Crippen LogP contribution >= 0.6 is 0 Å². The Kier molecular flexibility index (Phi) is 6.82. The third-order valence-electron chi connectivity index (χ3n) is 2.95. The van der Waals surface area contributed by atoms with Crippen molar-refractivity contribution in [3.63, 3.8) is 0 Å². The Balaban J connectivity index is 3.27. The van der Waals surface area contributed by atoms with Crippen LogP contribution in [-0.2, 0) is 16.6 Å². The lowest BCUT2D eigenvalue weighted by Crippen LogP contribution is -2.33. The molecule has 0 amide bonds. The lowest BCUT2D eigenvalue weighted by atomic mass is 10.2. The van der Waals surface area contributed by atoms with Crippen molar-refractivity contribution in [1.29, 1.82) is 0 Å². The van der Waals surface area contributed by atoms with Gasteiger partial charge in [-0.2, -0.15) is 4.31 Å². The van der Waals surface area contributed by atoms with Crippen LogP contribution in [0.4, 0.5) is 4.39 Å². The second-order valence-electron chi connectivity index (χ2n) is 4.58. The largest absolute Gasteiger partial charge is 0.313 e. The van der Waals surface area contributed by atoms with Gasteiger partial charge in [-0.05, 0) is 30.7 Å². The average Bonchev–Trinajstić information content (AvgIpc) is 2.45. The summed E-state index contributed by atoms with van der Waals surface area (Å²) in [5.74, 6) is 1.77. The zero-order chi connectivity index (χ0) is 15.9. The van der Waals surface area contributed by atoms with E-state index in [9.17, 15) is 12.8 Å². The average molecular weight is 312 g/mol. The molecule has 1 aromatic carbocycles. The second-order valence-corrected chi connectivity index (χ2v) is 6.48. The molecule has 0 aliphatic heterocycles. The molecule has 116 valence electrons. The molecule has 0 atom stereocenters. The van der Waals surface area contributed by atoms with Crippen molar-refractivity contribution in [3.05, 3.63) is 29.6 Å². The van der Waals surface area contributed by atoms with Crippen LogP contribution in [0.5, 0.6) is 0 Å². The van der Waals surface area contributed by atoms with E-state index in [0.717, 1.165) is 6.07 Å². The van der Waals surface area contributed by atoms with Crippen molar-refractivity contribution >= 4 is 10.0 Å². The number of hydrogen-bond acceptors (Lipinski definition) is 3. The highest BCUT2D eigenvalue weighted by atomic mass is 32.2. The first-order valence-corrected chi connectivity index (χ1v) is 8.34. The van der Waals surface area contributed by atoms with Crippen LogP contribution in [0.3, 0.4) is 0 Å². The maximum Gasteiger partial charge on any atom is 0.244 e. The van der Waals surface area contributed by atoms with Crippen LogP contribution in [0.25, 0.3) is 0 Å². The molecule has 4 nitrogen and oxygen atoms in total. The molecular formula is C15H21FN2O2S. The molecule has 21 heavy (non-hydrogen) atoms. The Labute approximate surface area is 126 Å². The zero-order valence-electron chi connectivity index (χ0n) is 12.4. The van der Waals surface area contributed by atoms with E-state index in [1.54, 1.807) is 0 Å². The molecule has 1 N–H and O–H groups in total. The first kappa shape index (κ1) is 17.6. The maximum absolute atomic E-state index is 13.5. The first-order valence-electron chi connectivity index (χ1n) is 6.90. The van der Waals surface area contributed by atoms with Gasteiger partial charge in [-0.3, -0.25) is 0 Å². The van der Waals surface area contributed by atoms with Gasteiger partial charge < -0.3 is 5.32 Å². The number of nitrogens with zero attached hydrogens (tertiary/aromatic N) is 1. The second kappa shape index (κ2) is 8.13. The highest BCUT2D eigenvalue weighted by Gasteiger charge is 2.26. The monoisotopic (exact) mass is 312 g/mol. The van der Waals surface area contributed by atoms with Gasteiger partial charge in [0.25, 0.3) is 0 Å². The maximum atomic E-state index is 13.5. The van der Waals surface area contributed by atoms with E-state index in [0.29, 0.717) is 31.6 Å². The van der Waals surface area contributed by atoms with Crippen molar-refractivity contribution in [2.24, 2.45) is 0 Å². The molecular weight excluding hydrogens is 291 g/mol. The number of rotatable bonds is 8. The van der Waals surface area contributed by atoms with Gasteiger partial charge in [0.05, 0.1) is 11.4 Å². The fraction of sp³-hybridized carbons (Fsp3) is 0.467. The van der Waals surface area contributed by atoms with E-state index in [1.807, 2.05) is 13.8 Å². The van der Waals surface area contributed by atoms with Crippen LogP contribution in [0.2, 0.25) is 0 Å². The van der Waals surface area contributed by atoms with E-state index >= 15 is 0 Å². The quantitative estimate of drug-likeness (QED) is 0.747. The fourth-order valence-corrected chi connectivity index (χ4v) is 3.63. The fourth-order valence-electron chi connectivity index (χ4n) is 1.95. The molecule has 0 aliphatic carbocycles. The molecule has 0 spiro atoms. The molecule has 1 aromatic rings. The number of hydrogen-bond donors (Lipinski definition) is 1. The van der Waals surface area contributed by atoms with E-state index in [-0.39, 0.29) is 11.4 Å². The van der Waals surface area contributed by atoms with E-state index < -0.39 is 15.8 Å². The third kappa shape index (κ3) is 4.53. The predicted octanol–water partition coefficient (Wildman–Crippen LogP) is 1.97. The van der Waals surface area contributed by atoms with Crippen molar-refractivity contribution in [2.75, 3.05) is 19.6 Å². The topological polar surface area (TPSA) is 49.4 Å². The summed E-state index contributed by atoms with van der Waals surface area (Å²) >= 11 is 0. The Morgan fingerprint density at radius 1 is 1.38 bits per heavy atom. The van der Waals surface area contributed by atoms with E-state index in [4.69, 9.17) is 6.42 Å². The summed E-state index contributed by atoms with van der Waals surface area (Å²) in [5, 5.41) is 3.05. The number of sulfonamides is 1. The van der Waals surface area contributed by atoms with Gasteiger partial charge in [0.1, 0.15) is 5.82 Å². The number of terminal acetylenes is 1. The number of benzene rings is 1. The minimum absolute atomic E-state index is 0.0205. The molecule has 0 fully saturated rings. The van der Waals surface area contributed by atoms with Gasteiger partial charge in [0.2, 0.25) is 10.0 Å². The van der Waals surface area contributed by atoms with Crippen LogP contribution < -0.4 is 5.32 Å². The molecule has 0 unspecified atom stereocenters. The third-order valence-corrected chi connectivity index (χ3v) is 4.88. The minimum Gasteiger partial charge on any atom is -0.313 e. The van der Waals surface area contributed by atoms with Gasteiger partial charge >= 0.3 is 0 Å². The Bertz CT molecular complexity index is 609. The highest BCUT2D eigenvalue weighted by molar-refractivity contribution is 7.89. The summed E-state index contributed by atoms with van der Waals surface area (Å²) in [6.45, 7) is 5.13. The van der Waals surface area contributed by atoms with Gasteiger partial charge in [-0.1, -0.05) is 25.8 Å². The summed E-state index contributed by atoms with van der Waals surface area (Å²) in [7, 11) is -3.80. The highest BCUT2D eigenvalue weighted by Crippen LogP contribution is 2.22. The lowest BCUT2D eigenvalue weighted by molar-refractivity contribution is 0.444.